The van der Waals surface area contributed by atoms with E-state index < -0.39 is 6.10 Å². The third-order valence-electron chi connectivity index (χ3n) is 5.13. The summed E-state index contributed by atoms with van der Waals surface area (Å²) in [5.74, 6) is 0.770. The van der Waals surface area contributed by atoms with Gasteiger partial charge in [0.15, 0.2) is 0 Å². The molecule has 0 aliphatic carbocycles. The minimum Gasteiger partial charge on any atom is -0.386 e. The van der Waals surface area contributed by atoms with E-state index in [1.165, 1.54) is 18.4 Å². The largest absolute Gasteiger partial charge is 0.386 e. The van der Waals surface area contributed by atoms with Crippen LogP contribution in [0.4, 0.5) is 0 Å². The highest BCUT2D eigenvalue weighted by Gasteiger charge is 2.34. The van der Waals surface area contributed by atoms with E-state index in [-0.39, 0.29) is 6.04 Å². The molecule has 122 valence electrons. The van der Waals surface area contributed by atoms with Gasteiger partial charge in [0.25, 0.3) is 0 Å². The Hall–Kier alpha value is -1.64. The summed E-state index contributed by atoms with van der Waals surface area (Å²) in [6.45, 7) is 5.67. The van der Waals surface area contributed by atoms with Gasteiger partial charge >= 0.3 is 0 Å². The summed E-state index contributed by atoms with van der Waals surface area (Å²) in [5, 5.41) is 11.1. The van der Waals surface area contributed by atoms with Gasteiger partial charge in [-0.2, -0.15) is 0 Å². The van der Waals surface area contributed by atoms with Crippen molar-refractivity contribution in [2.75, 3.05) is 6.54 Å². The zero-order chi connectivity index (χ0) is 16.2. The highest BCUT2D eigenvalue weighted by molar-refractivity contribution is 5.26. The van der Waals surface area contributed by atoms with Crippen molar-refractivity contribution >= 4 is 0 Å². The predicted octanol–water partition coefficient (Wildman–Crippen LogP) is 4.58. The molecule has 0 radical (unpaired) electrons. The van der Waals surface area contributed by atoms with Crippen molar-refractivity contribution in [2.24, 2.45) is 5.92 Å². The Balaban J connectivity index is 1.94. The second kappa shape index (κ2) is 7.29. The molecule has 0 spiro atoms. The molecule has 1 aliphatic heterocycles. The summed E-state index contributed by atoms with van der Waals surface area (Å²) in [6.07, 6.45) is 1.90. The standard InChI is InChI=1S/C21H27NO/c1-16-13-14-22(17(2)15-16)20(18-9-5-3-6-10-18)21(23)19-11-7-4-8-12-19/h3-12,16-17,20-21,23H,13-15H2,1-2H3/t16-,17-,20-,21+/m1/s1. The number of hydrogen-bond donors (Lipinski definition) is 1. The maximum Gasteiger partial charge on any atom is 0.0986 e. The molecule has 1 heterocycles. The van der Waals surface area contributed by atoms with Gasteiger partial charge in [-0.25, -0.2) is 0 Å². The van der Waals surface area contributed by atoms with Crippen LogP contribution in [0.2, 0.25) is 0 Å². The van der Waals surface area contributed by atoms with E-state index in [0.29, 0.717) is 6.04 Å². The summed E-state index contributed by atoms with van der Waals surface area (Å²) in [6, 6.07) is 21.0. The number of aliphatic hydroxyl groups excluding tert-OH is 1. The summed E-state index contributed by atoms with van der Waals surface area (Å²) in [4.78, 5) is 2.49. The highest BCUT2D eigenvalue weighted by Crippen LogP contribution is 2.38. The van der Waals surface area contributed by atoms with Crippen molar-refractivity contribution in [3.05, 3.63) is 71.8 Å². The average molecular weight is 309 g/mol. The zero-order valence-corrected chi connectivity index (χ0v) is 14.1. The maximum atomic E-state index is 11.1. The fourth-order valence-corrected chi connectivity index (χ4v) is 3.88. The van der Waals surface area contributed by atoms with Gasteiger partial charge in [-0.1, -0.05) is 67.6 Å². The van der Waals surface area contributed by atoms with Crippen molar-refractivity contribution in [3.8, 4) is 0 Å². The first-order chi connectivity index (χ1) is 11.2. The van der Waals surface area contributed by atoms with Gasteiger partial charge < -0.3 is 5.11 Å². The van der Waals surface area contributed by atoms with Crippen LogP contribution in [0.5, 0.6) is 0 Å². The van der Waals surface area contributed by atoms with E-state index in [2.05, 4.69) is 43.0 Å². The third-order valence-corrected chi connectivity index (χ3v) is 5.13. The molecule has 2 heteroatoms. The minimum atomic E-state index is -0.505. The van der Waals surface area contributed by atoms with E-state index in [9.17, 15) is 5.11 Å². The van der Waals surface area contributed by atoms with Crippen molar-refractivity contribution < 1.29 is 5.11 Å². The van der Waals surface area contributed by atoms with Crippen LogP contribution in [0.25, 0.3) is 0 Å². The molecule has 0 bridgehead atoms. The topological polar surface area (TPSA) is 23.5 Å². The number of likely N-dealkylation sites (tertiary alicyclic amines) is 1. The van der Waals surface area contributed by atoms with Crippen molar-refractivity contribution in [1.29, 1.82) is 0 Å². The van der Waals surface area contributed by atoms with Gasteiger partial charge in [-0.05, 0) is 43.4 Å². The molecular formula is C21H27NO. The van der Waals surface area contributed by atoms with Gasteiger partial charge in [-0.3, -0.25) is 4.90 Å². The fourth-order valence-electron chi connectivity index (χ4n) is 3.88. The SMILES string of the molecule is C[C@@H]1CCN([C@H](c2ccccc2)[C@@H](O)c2ccccc2)[C@H](C)C1. The number of aliphatic hydroxyl groups is 1. The van der Waals surface area contributed by atoms with E-state index in [1.54, 1.807) is 0 Å². The molecule has 1 N–H and O–H groups in total. The average Bonchev–Trinajstić information content (AvgIpc) is 2.59. The predicted molar refractivity (Wildman–Crippen MR) is 95.2 cm³/mol. The van der Waals surface area contributed by atoms with Crippen LogP contribution in [0.1, 0.15) is 50.0 Å². The van der Waals surface area contributed by atoms with Crippen LogP contribution >= 0.6 is 0 Å². The number of piperidine rings is 1. The van der Waals surface area contributed by atoms with Gasteiger partial charge in [0, 0.05) is 6.04 Å². The van der Waals surface area contributed by atoms with Gasteiger partial charge in [0.2, 0.25) is 0 Å². The van der Waals surface area contributed by atoms with Crippen LogP contribution in [-0.4, -0.2) is 22.6 Å². The Kier molecular flexibility index (Phi) is 5.14. The first kappa shape index (κ1) is 16.2. The lowest BCUT2D eigenvalue weighted by Crippen LogP contribution is -2.44. The fraction of sp³-hybridized carbons (Fsp3) is 0.429. The lowest BCUT2D eigenvalue weighted by molar-refractivity contribution is 0.000170. The van der Waals surface area contributed by atoms with E-state index in [1.807, 2.05) is 36.4 Å². The molecule has 2 nitrogen and oxygen atoms in total. The molecule has 1 aliphatic rings. The second-order valence-corrected chi connectivity index (χ2v) is 6.93. The van der Waals surface area contributed by atoms with Crippen LogP contribution in [0, 0.1) is 5.92 Å². The smallest absolute Gasteiger partial charge is 0.0986 e. The molecule has 0 amide bonds. The molecule has 0 aromatic heterocycles. The number of nitrogens with zero attached hydrogens (tertiary/aromatic N) is 1. The van der Waals surface area contributed by atoms with Crippen LogP contribution in [0.15, 0.2) is 60.7 Å². The molecule has 3 rings (SSSR count). The van der Waals surface area contributed by atoms with Gasteiger partial charge in [-0.15, -0.1) is 0 Å². The molecule has 23 heavy (non-hydrogen) atoms. The summed E-state index contributed by atoms with van der Waals surface area (Å²) in [7, 11) is 0. The normalized spacial score (nSPS) is 25.0. The summed E-state index contributed by atoms with van der Waals surface area (Å²) >= 11 is 0. The lowest BCUT2D eigenvalue weighted by Gasteiger charge is -2.43. The second-order valence-electron chi connectivity index (χ2n) is 6.93. The summed E-state index contributed by atoms with van der Waals surface area (Å²) in [5.41, 5.74) is 2.19. The van der Waals surface area contributed by atoms with Crippen molar-refractivity contribution in [2.45, 2.75) is 44.9 Å². The monoisotopic (exact) mass is 309 g/mol. The summed E-state index contributed by atoms with van der Waals surface area (Å²) < 4.78 is 0. The Morgan fingerprint density at radius 2 is 1.48 bits per heavy atom. The first-order valence-corrected chi connectivity index (χ1v) is 8.70. The van der Waals surface area contributed by atoms with Crippen molar-refractivity contribution in [1.82, 2.24) is 4.90 Å². The Morgan fingerprint density at radius 3 is 2.04 bits per heavy atom. The molecule has 1 saturated heterocycles. The molecule has 1 fully saturated rings. The number of rotatable bonds is 4. The minimum absolute atomic E-state index is 0.0149. The third kappa shape index (κ3) is 3.65. The van der Waals surface area contributed by atoms with Gasteiger partial charge in [0.1, 0.15) is 0 Å². The zero-order valence-electron chi connectivity index (χ0n) is 14.1. The molecule has 0 saturated carbocycles. The first-order valence-electron chi connectivity index (χ1n) is 8.70. The Bertz CT molecular complexity index is 598. The Labute approximate surface area is 139 Å². The maximum absolute atomic E-state index is 11.1. The van der Waals surface area contributed by atoms with Gasteiger partial charge in [0.05, 0.1) is 12.1 Å². The number of hydrogen-bond acceptors (Lipinski definition) is 2. The molecule has 0 unspecified atom stereocenters. The van der Waals surface area contributed by atoms with Crippen LogP contribution in [-0.2, 0) is 0 Å². The number of benzene rings is 2. The molecular weight excluding hydrogens is 282 g/mol. The molecule has 2 aromatic carbocycles. The lowest BCUT2D eigenvalue weighted by atomic mass is 9.87. The quantitative estimate of drug-likeness (QED) is 0.893. The molecule has 4 atom stereocenters. The molecule has 2 aromatic rings. The van der Waals surface area contributed by atoms with E-state index >= 15 is 0 Å². The van der Waals surface area contributed by atoms with Crippen LogP contribution < -0.4 is 0 Å². The Morgan fingerprint density at radius 1 is 0.913 bits per heavy atom. The van der Waals surface area contributed by atoms with Crippen LogP contribution in [0.3, 0.4) is 0 Å². The highest BCUT2D eigenvalue weighted by atomic mass is 16.3. The van der Waals surface area contributed by atoms with E-state index in [0.717, 1.165) is 18.0 Å². The van der Waals surface area contributed by atoms with Crippen molar-refractivity contribution in [3.63, 3.8) is 0 Å². The van der Waals surface area contributed by atoms with E-state index in [4.69, 9.17) is 0 Å².